The second-order valence-corrected chi connectivity index (χ2v) is 5.99. The minimum Gasteiger partial charge on any atom is -0.317 e. The Morgan fingerprint density at radius 1 is 1.33 bits per heavy atom. The molecule has 1 heterocycles. The lowest BCUT2D eigenvalue weighted by molar-refractivity contribution is 0.280. The molecular weight excluding hydrogens is 204 g/mol. The van der Waals surface area contributed by atoms with Gasteiger partial charge in [-0.15, -0.1) is 0 Å². The van der Waals surface area contributed by atoms with E-state index in [0.717, 1.165) is 5.25 Å². The van der Waals surface area contributed by atoms with Gasteiger partial charge in [-0.1, -0.05) is 13.8 Å². The Balaban J connectivity index is 1.90. The van der Waals surface area contributed by atoms with Gasteiger partial charge in [-0.05, 0) is 38.9 Å². The van der Waals surface area contributed by atoms with Crippen LogP contribution in [-0.4, -0.2) is 48.6 Å². The van der Waals surface area contributed by atoms with Crippen LogP contribution in [0, 0.1) is 0 Å². The second kappa shape index (κ2) is 8.43. The fourth-order valence-corrected chi connectivity index (χ4v) is 3.06. The highest BCUT2D eigenvalue weighted by Gasteiger charge is 2.15. The van der Waals surface area contributed by atoms with Gasteiger partial charge in [0.05, 0.1) is 0 Å². The highest BCUT2D eigenvalue weighted by atomic mass is 32.2. The van der Waals surface area contributed by atoms with Crippen molar-refractivity contribution >= 4 is 11.8 Å². The summed E-state index contributed by atoms with van der Waals surface area (Å²) in [6, 6.07) is 0. The van der Waals surface area contributed by atoms with Crippen molar-refractivity contribution in [2.45, 2.75) is 38.4 Å². The summed E-state index contributed by atoms with van der Waals surface area (Å²) < 4.78 is 0. The molecule has 1 atom stereocenters. The fraction of sp³-hybridized carbons (Fsp3) is 1.00. The van der Waals surface area contributed by atoms with Gasteiger partial charge in [0, 0.05) is 24.1 Å². The zero-order valence-corrected chi connectivity index (χ0v) is 11.1. The topological polar surface area (TPSA) is 15.3 Å². The van der Waals surface area contributed by atoms with Crippen LogP contribution in [0.25, 0.3) is 0 Å². The Morgan fingerprint density at radius 2 is 2.20 bits per heavy atom. The molecule has 1 saturated heterocycles. The Morgan fingerprint density at radius 3 is 2.93 bits per heavy atom. The largest absolute Gasteiger partial charge is 0.317 e. The van der Waals surface area contributed by atoms with Crippen LogP contribution < -0.4 is 5.32 Å². The number of unbranched alkanes of at least 4 members (excludes halogenated alkanes) is 1. The maximum atomic E-state index is 3.46. The molecule has 0 aromatic heterocycles. The van der Waals surface area contributed by atoms with E-state index in [1.807, 2.05) is 0 Å². The van der Waals surface area contributed by atoms with Crippen LogP contribution in [-0.2, 0) is 0 Å². The van der Waals surface area contributed by atoms with Crippen molar-refractivity contribution in [2.24, 2.45) is 0 Å². The van der Waals surface area contributed by atoms with Crippen LogP contribution in [0.15, 0.2) is 0 Å². The monoisotopic (exact) mass is 230 g/mol. The number of nitrogens with zero attached hydrogens (tertiary/aromatic N) is 1. The Hall–Kier alpha value is 0.270. The van der Waals surface area contributed by atoms with Crippen molar-refractivity contribution in [1.29, 1.82) is 0 Å². The molecule has 0 spiro atoms. The van der Waals surface area contributed by atoms with E-state index in [0.29, 0.717) is 0 Å². The molecule has 15 heavy (non-hydrogen) atoms. The van der Waals surface area contributed by atoms with Crippen LogP contribution in [0.1, 0.15) is 33.1 Å². The quantitative estimate of drug-likeness (QED) is 0.675. The van der Waals surface area contributed by atoms with E-state index in [9.17, 15) is 0 Å². The standard InChI is InChI=1S/C12H26N2S/c1-3-6-13-7-4-5-8-14-9-10-15-12(2)11-14/h12-13H,3-11H2,1-2H3. The summed E-state index contributed by atoms with van der Waals surface area (Å²) in [6.07, 6.45) is 3.94. The van der Waals surface area contributed by atoms with E-state index >= 15 is 0 Å². The van der Waals surface area contributed by atoms with Crippen LogP contribution in [0.2, 0.25) is 0 Å². The molecule has 0 bridgehead atoms. The molecule has 0 aromatic carbocycles. The van der Waals surface area contributed by atoms with E-state index < -0.39 is 0 Å². The third-order valence-corrected chi connectivity index (χ3v) is 3.97. The third kappa shape index (κ3) is 6.44. The Kier molecular flexibility index (Phi) is 7.49. The highest BCUT2D eigenvalue weighted by molar-refractivity contribution is 7.99. The van der Waals surface area contributed by atoms with Crippen LogP contribution in [0.3, 0.4) is 0 Å². The molecule has 0 aromatic rings. The lowest BCUT2D eigenvalue weighted by atomic mass is 10.2. The van der Waals surface area contributed by atoms with Gasteiger partial charge in [0.2, 0.25) is 0 Å². The summed E-state index contributed by atoms with van der Waals surface area (Å²) in [6.45, 7) is 10.9. The van der Waals surface area contributed by atoms with Crippen LogP contribution >= 0.6 is 11.8 Å². The lowest BCUT2D eigenvalue weighted by Crippen LogP contribution is -2.37. The van der Waals surface area contributed by atoms with E-state index in [2.05, 4.69) is 35.8 Å². The number of rotatable bonds is 7. The van der Waals surface area contributed by atoms with Gasteiger partial charge in [-0.25, -0.2) is 0 Å². The first-order valence-corrected chi connectivity index (χ1v) is 7.42. The molecule has 1 rings (SSSR count). The molecule has 1 fully saturated rings. The maximum Gasteiger partial charge on any atom is 0.0147 e. The summed E-state index contributed by atoms with van der Waals surface area (Å²) in [4.78, 5) is 2.63. The van der Waals surface area contributed by atoms with E-state index in [1.54, 1.807) is 0 Å². The molecule has 0 aliphatic carbocycles. The molecule has 1 aliphatic heterocycles. The van der Waals surface area contributed by atoms with Gasteiger partial charge in [-0.3, -0.25) is 0 Å². The number of hydrogen-bond donors (Lipinski definition) is 1. The van der Waals surface area contributed by atoms with Gasteiger partial charge in [0.15, 0.2) is 0 Å². The van der Waals surface area contributed by atoms with Crippen molar-refractivity contribution in [3.8, 4) is 0 Å². The van der Waals surface area contributed by atoms with Crippen molar-refractivity contribution in [1.82, 2.24) is 10.2 Å². The number of nitrogens with one attached hydrogen (secondary N) is 1. The smallest absolute Gasteiger partial charge is 0.0147 e. The van der Waals surface area contributed by atoms with Crippen LogP contribution in [0.4, 0.5) is 0 Å². The maximum absolute atomic E-state index is 3.46. The lowest BCUT2D eigenvalue weighted by Gasteiger charge is -2.30. The summed E-state index contributed by atoms with van der Waals surface area (Å²) in [5.41, 5.74) is 0. The SMILES string of the molecule is CCCNCCCCN1CCSC(C)C1. The normalized spacial score (nSPS) is 23.2. The van der Waals surface area contributed by atoms with Crippen molar-refractivity contribution < 1.29 is 0 Å². The second-order valence-electron chi connectivity index (χ2n) is 4.44. The molecule has 0 saturated carbocycles. The van der Waals surface area contributed by atoms with Gasteiger partial charge < -0.3 is 10.2 Å². The van der Waals surface area contributed by atoms with E-state index in [1.165, 1.54) is 57.7 Å². The molecule has 1 unspecified atom stereocenters. The molecular formula is C12H26N2S. The molecule has 0 amide bonds. The summed E-state index contributed by atoms with van der Waals surface area (Å²) in [5, 5.41) is 4.30. The van der Waals surface area contributed by atoms with E-state index in [-0.39, 0.29) is 0 Å². The molecule has 2 nitrogen and oxygen atoms in total. The zero-order chi connectivity index (χ0) is 10.9. The third-order valence-electron chi connectivity index (χ3n) is 2.83. The summed E-state index contributed by atoms with van der Waals surface area (Å²) in [5.74, 6) is 1.33. The predicted octanol–water partition coefficient (Wildman–Crippen LogP) is 2.20. The van der Waals surface area contributed by atoms with Gasteiger partial charge in [0.1, 0.15) is 0 Å². The average molecular weight is 230 g/mol. The van der Waals surface area contributed by atoms with Gasteiger partial charge in [0.25, 0.3) is 0 Å². The minimum absolute atomic E-state index is 0.844. The Labute approximate surface area is 99.2 Å². The van der Waals surface area contributed by atoms with Gasteiger partial charge >= 0.3 is 0 Å². The molecule has 90 valence electrons. The fourth-order valence-electron chi connectivity index (χ4n) is 1.98. The molecule has 1 N–H and O–H groups in total. The minimum atomic E-state index is 0.844. The first-order valence-electron chi connectivity index (χ1n) is 6.37. The average Bonchev–Trinajstić information content (AvgIpc) is 2.23. The molecule has 1 aliphatic rings. The summed E-state index contributed by atoms with van der Waals surface area (Å²) >= 11 is 2.12. The first kappa shape index (κ1) is 13.3. The van der Waals surface area contributed by atoms with E-state index in [4.69, 9.17) is 0 Å². The van der Waals surface area contributed by atoms with Gasteiger partial charge in [-0.2, -0.15) is 11.8 Å². The molecule has 0 radical (unpaired) electrons. The zero-order valence-electron chi connectivity index (χ0n) is 10.3. The van der Waals surface area contributed by atoms with Crippen molar-refractivity contribution in [3.63, 3.8) is 0 Å². The Bertz CT molecular complexity index is 153. The predicted molar refractivity (Wildman–Crippen MR) is 70.8 cm³/mol. The molecule has 3 heteroatoms. The summed E-state index contributed by atoms with van der Waals surface area (Å²) in [7, 11) is 0. The number of hydrogen-bond acceptors (Lipinski definition) is 3. The van der Waals surface area contributed by atoms with Crippen LogP contribution in [0.5, 0.6) is 0 Å². The van der Waals surface area contributed by atoms with Crippen molar-refractivity contribution in [3.05, 3.63) is 0 Å². The number of thioether (sulfide) groups is 1. The first-order chi connectivity index (χ1) is 7.33. The highest BCUT2D eigenvalue weighted by Crippen LogP contribution is 2.17. The van der Waals surface area contributed by atoms with Crippen molar-refractivity contribution in [2.75, 3.05) is 38.5 Å².